The molecule has 0 aromatic heterocycles. The van der Waals surface area contributed by atoms with Crippen LogP contribution in [0.25, 0.3) is 0 Å². The third-order valence-electron chi connectivity index (χ3n) is 14.8. The highest BCUT2D eigenvalue weighted by atomic mass is 16.7. The Hall–Kier alpha value is -8.30. The lowest BCUT2D eigenvalue weighted by Gasteiger charge is -2.19. The van der Waals surface area contributed by atoms with Gasteiger partial charge in [-0.1, -0.05) is 146 Å². The first-order valence-corrected chi connectivity index (χ1v) is 25.9. The third kappa shape index (κ3) is 12.0. The van der Waals surface area contributed by atoms with Crippen LogP contribution in [0.4, 0.5) is 0 Å². The van der Waals surface area contributed by atoms with Crippen LogP contribution < -0.4 is 0 Å². The Morgan fingerprint density at radius 1 is 0.378 bits per heavy atom. The number of aryl methyl sites for hydroxylation is 12. The van der Waals surface area contributed by atoms with Gasteiger partial charge in [0.05, 0.1) is 12.1 Å². The number of benzene rings is 7. The summed E-state index contributed by atoms with van der Waals surface area (Å²) in [7, 11) is 0. The van der Waals surface area contributed by atoms with Gasteiger partial charge >= 0.3 is 5.97 Å². The molecule has 12 aliphatic carbocycles. The van der Waals surface area contributed by atoms with E-state index in [9.17, 15) is 28.8 Å². The third-order valence-corrected chi connectivity index (χ3v) is 14.8. The number of nitrogens with zero attached hydrogens (tertiary/aromatic N) is 2. The van der Waals surface area contributed by atoms with Crippen LogP contribution in [0.2, 0.25) is 0 Å². The van der Waals surface area contributed by atoms with Crippen molar-refractivity contribution >= 4 is 35.4 Å². The molecule has 7 aromatic carbocycles. The van der Waals surface area contributed by atoms with Crippen molar-refractivity contribution in [2.75, 3.05) is 0 Å². The fraction of sp³-hybridized carbons (Fsp3) is 0.231. The van der Waals surface area contributed by atoms with Crippen LogP contribution in [0, 0.1) is 0 Å². The molecule has 74 heavy (non-hydrogen) atoms. The summed E-state index contributed by atoms with van der Waals surface area (Å²) in [5.41, 5.74) is 17.8. The molecule has 0 saturated carbocycles. The van der Waals surface area contributed by atoms with Crippen LogP contribution >= 0.6 is 0 Å². The van der Waals surface area contributed by atoms with E-state index in [0.29, 0.717) is 23.6 Å². The minimum absolute atomic E-state index is 0.0919. The van der Waals surface area contributed by atoms with Crippen LogP contribution in [0.15, 0.2) is 170 Å². The molecule has 0 unspecified atom stereocenters. The van der Waals surface area contributed by atoms with Gasteiger partial charge in [0.15, 0.2) is 5.78 Å². The number of hydroxylamine groups is 2. The summed E-state index contributed by atoms with van der Waals surface area (Å²) in [5.74, 6) is -1.86. The number of hydrogen-bond acceptors (Lipinski definition) is 7. The van der Waals surface area contributed by atoms with Crippen LogP contribution in [-0.2, 0) is 108 Å². The highest BCUT2D eigenvalue weighted by Crippen LogP contribution is 2.26. The van der Waals surface area contributed by atoms with E-state index in [4.69, 9.17) is 4.84 Å². The van der Waals surface area contributed by atoms with E-state index in [1.165, 1.54) is 67.1 Å². The second-order valence-electron chi connectivity index (χ2n) is 19.8. The van der Waals surface area contributed by atoms with E-state index in [0.717, 1.165) is 104 Å². The lowest BCUT2D eigenvalue weighted by molar-refractivity contribution is -0.172. The maximum absolute atomic E-state index is 13.0. The first-order chi connectivity index (χ1) is 36.1. The molecule has 1 saturated heterocycles. The molecule has 7 aromatic rings. The molecule has 0 spiro atoms. The van der Waals surface area contributed by atoms with Gasteiger partial charge in [-0.25, -0.2) is 4.79 Å². The Balaban J connectivity index is 0.000000127. The molecule has 1 fully saturated rings. The molecule has 9 nitrogen and oxygen atoms in total. The van der Waals surface area contributed by atoms with Gasteiger partial charge in [0.1, 0.15) is 0 Å². The lowest BCUT2D eigenvalue weighted by Crippen LogP contribution is -2.32. The SMILES string of the molecule is O=C(ON1C(=O)CCC1=O)c1cc2ccc1CCc1ccc(cc1)CC2.O=C(c1ccccc1)c1cc2ccc1CCc1ccc(cc1)CC2.O=C1C=CC(=O)N1Cc1cc2ccc1CCc1ccc(cc1)CC2. The maximum atomic E-state index is 13.0. The highest BCUT2D eigenvalue weighted by Gasteiger charge is 2.34. The van der Waals surface area contributed by atoms with Gasteiger partial charge in [-0.05, 0) is 162 Å². The molecule has 4 amide bonds. The second kappa shape index (κ2) is 22.6. The Morgan fingerprint density at radius 2 is 0.743 bits per heavy atom. The molecule has 2 heterocycles. The topological polar surface area (TPSA) is 118 Å². The average molecular weight is 979 g/mol. The standard InChI is InChI=1S/C23H20O.C21H19NO4.C21H19NO2/c24-23(21-4-2-1-3-5-21)22-16-19-11-10-17-6-8-18(9-7-17)12-14-20(22)15-13-19;23-19-11-12-20(24)22(19)26-21(25)18-13-16-6-5-14-1-3-15(4-2-14)7-9-17(18)10-8-16;23-20-11-12-21(24)22(20)14-19-13-17-6-5-15-1-3-16(4-2-15)7-9-18(19)10-8-17/h1-9,13,15-16H,10-12,14H2;1-4,8,10,13H,5-7,9,11-12H2;1-4,8,10-13H,5-7,9,14H2. The van der Waals surface area contributed by atoms with E-state index in [1.807, 2.05) is 48.5 Å². The normalized spacial score (nSPS) is 15.5. The Bertz CT molecular complexity index is 3250. The van der Waals surface area contributed by atoms with Crippen molar-refractivity contribution in [3.63, 3.8) is 0 Å². The number of amides is 4. The molecule has 12 bridgehead atoms. The summed E-state index contributed by atoms with van der Waals surface area (Å²) < 4.78 is 0. The van der Waals surface area contributed by atoms with Gasteiger partial charge in [-0.2, -0.15) is 0 Å². The van der Waals surface area contributed by atoms with E-state index in [1.54, 1.807) is 0 Å². The first-order valence-electron chi connectivity index (χ1n) is 25.9. The van der Waals surface area contributed by atoms with Crippen molar-refractivity contribution in [1.82, 2.24) is 9.96 Å². The largest absolute Gasteiger partial charge is 0.364 e. The zero-order valence-corrected chi connectivity index (χ0v) is 41.5. The predicted octanol–water partition coefficient (Wildman–Crippen LogP) is 10.6. The van der Waals surface area contributed by atoms with Crippen LogP contribution in [0.3, 0.4) is 0 Å². The molecule has 0 radical (unpaired) electrons. The molecule has 9 heteroatoms. The van der Waals surface area contributed by atoms with Crippen LogP contribution in [0.1, 0.15) is 111 Å². The lowest BCUT2D eigenvalue weighted by atomic mass is 9.90. The van der Waals surface area contributed by atoms with E-state index in [2.05, 4.69) is 109 Å². The number of carbonyl (C=O) groups excluding carboxylic acids is 6. The minimum atomic E-state index is -0.642. The van der Waals surface area contributed by atoms with Crippen LogP contribution in [-0.4, -0.2) is 45.3 Å². The summed E-state index contributed by atoms with van der Waals surface area (Å²) in [4.78, 5) is 79.3. The fourth-order valence-electron chi connectivity index (χ4n) is 10.2. The number of ketones is 1. The average Bonchev–Trinajstić information content (AvgIpc) is 3.92. The molecular weight excluding hydrogens is 921 g/mol. The van der Waals surface area contributed by atoms with Gasteiger partial charge in [0, 0.05) is 36.1 Å². The molecule has 21 rings (SSSR count). The van der Waals surface area contributed by atoms with Crippen molar-refractivity contribution in [3.8, 4) is 0 Å². The van der Waals surface area contributed by atoms with Gasteiger partial charge in [0.25, 0.3) is 23.6 Å². The Labute approximate surface area is 432 Å². The quantitative estimate of drug-likeness (QED) is 0.120. The molecule has 0 atom stereocenters. The minimum Gasteiger partial charge on any atom is -0.325 e. The molecular formula is C65H58N2O7. The zero-order chi connectivity index (χ0) is 51.0. The summed E-state index contributed by atoms with van der Waals surface area (Å²) >= 11 is 0. The zero-order valence-electron chi connectivity index (χ0n) is 41.5. The van der Waals surface area contributed by atoms with Gasteiger partial charge in [-0.15, -0.1) is 5.06 Å². The summed E-state index contributed by atoms with van der Waals surface area (Å²) in [5, 5.41) is 0.611. The van der Waals surface area contributed by atoms with Gasteiger partial charge in [-0.3, -0.25) is 28.9 Å². The van der Waals surface area contributed by atoms with Crippen molar-refractivity contribution in [1.29, 1.82) is 0 Å². The number of imide groups is 2. The summed E-state index contributed by atoms with van der Waals surface area (Å²) in [6, 6.07) is 54.7. The fourth-order valence-corrected chi connectivity index (χ4v) is 10.2. The van der Waals surface area contributed by atoms with E-state index >= 15 is 0 Å². The maximum Gasteiger partial charge on any atom is 0.364 e. The Kier molecular flexibility index (Phi) is 15.1. The monoisotopic (exact) mass is 978 g/mol. The summed E-state index contributed by atoms with van der Waals surface area (Å²) in [6.07, 6.45) is 13.8. The van der Waals surface area contributed by atoms with Gasteiger partial charge in [0.2, 0.25) is 0 Å². The summed E-state index contributed by atoms with van der Waals surface area (Å²) in [6.45, 7) is 0.366. The second-order valence-corrected chi connectivity index (χ2v) is 19.8. The van der Waals surface area contributed by atoms with Gasteiger partial charge < -0.3 is 4.84 Å². The molecule has 370 valence electrons. The molecule has 2 aliphatic heterocycles. The first kappa shape index (κ1) is 49.3. The molecule has 14 aliphatic rings. The van der Waals surface area contributed by atoms with Crippen LogP contribution in [0.5, 0.6) is 0 Å². The number of rotatable bonds is 6. The van der Waals surface area contributed by atoms with Crippen molar-refractivity contribution < 1.29 is 33.6 Å². The highest BCUT2D eigenvalue weighted by molar-refractivity contribution is 6.13. The molecule has 0 N–H and O–H groups in total. The predicted molar refractivity (Wildman–Crippen MR) is 284 cm³/mol. The number of carbonyl (C=O) groups is 6. The Morgan fingerprint density at radius 3 is 1.22 bits per heavy atom. The van der Waals surface area contributed by atoms with Crippen molar-refractivity contribution in [2.45, 2.75) is 96.4 Å². The number of hydrogen-bond donors (Lipinski definition) is 0. The van der Waals surface area contributed by atoms with E-state index in [-0.39, 0.29) is 30.4 Å². The van der Waals surface area contributed by atoms with E-state index < -0.39 is 17.8 Å². The van der Waals surface area contributed by atoms with Crippen molar-refractivity contribution in [2.24, 2.45) is 0 Å². The van der Waals surface area contributed by atoms with Crippen molar-refractivity contribution in [3.05, 3.63) is 259 Å². The smallest absolute Gasteiger partial charge is 0.325 e.